The summed E-state index contributed by atoms with van der Waals surface area (Å²) in [4.78, 5) is 2.45. The van der Waals surface area contributed by atoms with Crippen LogP contribution in [-0.2, 0) is 6.42 Å². The normalized spacial score (nSPS) is 18.7. The first-order valence-corrected chi connectivity index (χ1v) is 7.73. The summed E-state index contributed by atoms with van der Waals surface area (Å²) in [6.45, 7) is 7.45. The van der Waals surface area contributed by atoms with Crippen LogP contribution < -0.4 is 10.6 Å². The van der Waals surface area contributed by atoms with Crippen LogP contribution in [0.15, 0.2) is 42.5 Å². The number of hydrogen-bond acceptors (Lipinski definition) is 2. The van der Waals surface area contributed by atoms with Crippen molar-refractivity contribution in [2.45, 2.75) is 39.3 Å². The van der Waals surface area contributed by atoms with E-state index in [0.29, 0.717) is 6.04 Å². The minimum atomic E-state index is 0.0536. The first-order valence-electron chi connectivity index (χ1n) is 7.73. The van der Waals surface area contributed by atoms with E-state index in [4.69, 9.17) is 5.73 Å². The van der Waals surface area contributed by atoms with E-state index in [0.717, 1.165) is 13.0 Å². The molecule has 2 nitrogen and oxygen atoms in total. The fraction of sp³-hybridized carbons (Fsp3) is 0.368. The molecule has 2 aromatic rings. The van der Waals surface area contributed by atoms with Crippen LogP contribution in [0.5, 0.6) is 0 Å². The second-order valence-electron chi connectivity index (χ2n) is 6.28. The molecule has 3 rings (SSSR count). The van der Waals surface area contributed by atoms with Crippen molar-refractivity contribution >= 4 is 5.69 Å². The van der Waals surface area contributed by atoms with Gasteiger partial charge in [-0.05, 0) is 55.5 Å². The monoisotopic (exact) mass is 280 g/mol. The summed E-state index contributed by atoms with van der Waals surface area (Å²) in [5.41, 5.74) is 13.1. The Labute approximate surface area is 127 Å². The Balaban J connectivity index is 1.81. The molecule has 2 atom stereocenters. The topological polar surface area (TPSA) is 29.3 Å². The predicted molar refractivity (Wildman–Crippen MR) is 89.8 cm³/mol. The summed E-state index contributed by atoms with van der Waals surface area (Å²) < 4.78 is 0. The Morgan fingerprint density at radius 2 is 1.90 bits per heavy atom. The van der Waals surface area contributed by atoms with E-state index < -0.39 is 0 Å². The van der Waals surface area contributed by atoms with Crippen molar-refractivity contribution in [2.24, 2.45) is 5.73 Å². The molecule has 110 valence electrons. The van der Waals surface area contributed by atoms with Gasteiger partial charge in [-0.1, -0.05) is 36.4 Å². The van der Waals surface area contributed by atoms with E-state index in [9.17, 15) is 0 Å². The minimum absolute atomic E-state index is 0.0536. The van der Waals surface area contributed by atoms with Crippen LogP contribution >= 0.6 is 0 Å². The van der Waals surface area contributed by atoms with Crippen molar-refractivity contribution in [1.29, 1.82) is 0 Å². The van der Waals surface area contributed by atoms with E-state index in [1.165, 1.54) is 27.9 Å². The van der Waals surface area contributed by atoms with Crippen molar-refractivity contribution in [3.8, 4) is 0 Å². The van der Waals surface area contributed by atoms with Gasteiger partial charge in [-0.3, -0.25) is 0 Å². The molecular formula is C19H24N2. The molecule has 2 N–H and O–H groups in total. The molecule has 1 heterocycles. The van der Waals surface area contributed by atoms with Crippen molar-refractivity contribution in [1.82, 2.24) is 0 Å². The van der Waals surface area contributed by atoms with Gasteiger partial charge in [0.15, 0.2) is 0 Å². The number of rotatable bonds is 3. The maximum Gasteiger partial charge on any atom is 0.0473 e. The lowest BCUT2D eigenvalue weighted by Gasteiger charge is -2.28. The Morgan fingerprint density at radius 1 is 1.14 bits per heavy atom. The molecule has 21 heavy (non-hydrogen) atoms. The smallest absolute Gasteiger partial charge is 0.0473 e. The first kappa shape index (κ1) is 14.2. The van der Waals surface area contributed by atoms with Crippen LogP contribution in [0.25, 0.3) is 0 Å². The molecule has 0 fully saturated rings. The standard InChI is InChI=1S/C19H24N2/c1-13-8-9-16(10-14(13)2)18(20)12-21-15(3)11-17-6-4-5-7-19(17)21/h4-10,15,18H,11-12,20H2,1-3H3. The van der Waals surface area contributed by atoms with E-state index in [-0.39, 0.29) is 6.04 Å². The van der Waals surface area contributed by atoms with Crippen LogP contribution in [0, 0.1) is 13.8 Å². The van der Waals surface area contributed by atoms with Gasteiger partial charge < -0.3 is 10.6 Å². The predicted octanol–water partition coefficient (Wildman–Crippen LogP) is 3.75. The third kappa shape index (κ3) is 2.68. The zero-order valence-corrected chi connectivity index (χ0v) is 13.1. The van der Waals surface area contributed by atoms with Gasteiger partial charge >= 0.3 is 0 Å². The Morgan fingerprint density at radius 3 is 2.67 bits per heavy atom. The molecule has 0 amide bonds. The lowest BCUT2D eigenvalue weighted by molar-refractivity contribution is 0.609. The fourth-order valence-corrected chi connectivity index (χ4v) is 3.22. The van der Waals surface area contributed by atoms with Crippen LogP contribution in [0.1, 0.15) is 35.2 Å². The molecule has 1 aliphatic heterocycles. The third-order valence-corrected chi connectivity index (χ3v) is 4.70. The van der Waals surface area contributed by atoms with Crippen LogP contribution in [0.3, 0.4) is 0 Å². The average Bonchev–Trinajstić information content (AvgIpc) is 2.78. The molecule has 2 heteroatoms. The fourth-order valence-electron chi connectivity index (χ4n) is 3.22. The molecule has 0 aromatic heterocycles. The highest BCUT2D eigenvalue weighted by molar-refractivity contribution is 5.59. The molecule has 0 aliphatic carbocycles. The molecule has 0 saturated heterocycles. The Hall–Kier alpha value is -1.80. The lowest BCUT2D eigenvalue weighted by atomic mass is 10.0. The van der Waals surface area contributed by atoms with Gasteiger partial charge in [0.25, 0.3) is 0 Å². The summed E-state index contributed by atoms with van der Waals surface area (Å²) in [5, 5.41) is 0. The lowest BCUT2D eigenvalue weighted by Crippen LogP contribution is -2.36. The number of nitrogens with zero attached hydrogens (tertiary/aromatic N) is 1. The number of aryl methyl sites for hydroxylation is 2. The van der Waals surface area contributed by atoms with Gasteiger partial charge in [0.1, 0.15) is 0 Å². The van der Waals surface area contributed by atoms with E-state index in [1.54, 1.807) is 0 Å². The average molecular weight is 280 g/mol. The quantitative estimate of drug-likeness (QED) is 0.927. The highest BCUT2D eigenvalue weighted by Gasteiger charge is 2.26. The molecule has 1 aliphatic rings. The largest absolute Gasteiger partial charge is 0.366 e. The molecule has 0 bridgehead atoms. The zero-order valence-electron chi connectivity index (χ0n) is 13.1. The zero-order chi connectivity index (χ0) is 15.0. The highest BCUT2D eigenvalue weighted by atomic mass is 15.2. The summed E-state index contributed by atoms with van der Waals surface area (Å²) in [6, 6.07) is 15.8. The van der Waals surface area contributed by atoms with E-state index in [2.05, 4.69) is 68.1 Å². The molecule has 0 radical (unpaired) electrons. The van der Waals surface area contributed by atoms with Gasteiger partial charge in [-0.15, -0.1) is 0 Å². The third-order valence-electron chi connectivity index (χ3n) is 4.70. The summed E-state index contributed by atoms with van der Waals surface area (Å²) in [7, 11) is 0. The van der Waals surface area contributed by atoms with E-state index in [1.807, 2.05) is 0 Å². The van der Waals surface area contributed by atoms with Crippen LogP contribution in [0.2, 0.25) is 0 Å². The number of nitrogens with two attached hydrogens (primary N) is 1. The van der Waals surface area contributed by atoms with Crippen LogP contribution in [0.4, 0.5) is 5.69 Å². The van der Waals surface area contributed by atoms with Crippen LogP contribution in [-0.4, -0.2) is 12.6 Å². The molecular weight excluding hydrogens is 256 g/mol. The Kier molecular flexibility index (Phi) is 3.73. The molecule has 2 unspecified atom stereocenters. The van der Waals surface area contributed by atoms with Gasteiger partial charge in [-0.25, -0.2) is 0 Å². The maximum absolute atomic E-state index is 6.47. The maximum atomic E-state index is 6.47. The summed E-state index contributed by atoms with van der Waals surface area (Å²) in [5.74, 6) is 0. The first-order chi connectivity index (χ1) is 10.1. The van der Waals surface area contributed by atoms with Crippen molar-refractivity contribution < 1.29 is 0 Å². The summed E-state index contributed by atoms with van der Waals surface area (Å²) >= 11 is 0. The van der Waals surface area contributed by atoms with Gasteiger partial charge in [0.05, 0.1) is 0 Å². The molecule has 0 saturated carbocycles. The van der Waals surface area contributed by atoms with E-state index >= 15 is 0 Å². The number of benzene rings is 2. The van der Waals surface area contributed by atoms with Crippen molar-refractivity contribution in [3.63, 3.8) is 0 Å². The number of fused-ring (bicyclic) bond motifs is 1. The van der Waals surface area contributed by atoms with Gasteiger partial charge in [0, 0.05) is 24.3 Å². The summed E-state index contributed by atoms with van der Waals surface area (Å²) in [6.07, 6.45) is 1.12. The van der Waals surface area contributed by atoms with Gasteiger partial charge in [-0.2, -0.15) is 0 Å². The number of para-hydroxylation sites is 1. The number of anilines is 1. The second-order valence-corrected chi connectivity index (χ2v) is 6.28. The Bertz CT molecular complexity index is 648. The second kappa shape index (κ2) is 5.53. The molecule has 2 aromatic carbocycles. The molecule has 0 spiro atoms. The SMILES string of the molecule is Cc1ccc(C(N)CN2c3ccccc3CC2C)cc1C. The number of hydrogen-bond donors (Lipinski definition) is 1. The highest BCUT2D eigenvalue weighted by Crippen LogP contribution is 2.33. The van der Waals surface area contributed by atoms with Gasteiger partial charge in [0.2, 0.25) is 0 Å². The van der Waals surface area contributed by atoms with Crippen molar-refractivity contribution in [2.75, 3.05) is 11.4 Å². The van der Waals surface area contributed by atoms with Crippen molar-refractivity contribution in [3.05, 3.63) is 64.7 Å². The minimum Gasteiger partial charge on any atom is -0.366 e.